The number of carbonyl (C=O) groups is 1. The van der Waals surface area contributed by atoms with Crippen molar-refractivity contribution in [2.75, 3.05) is 0 Å². The molecule has 0 aliphatic heterocycles. The van der Waals surface area contributed by atoms with E-state index in [4.69, 9.17) is 5.11 Å². The highest BCUT2D eigenvalue weighted by Crippen LogP contribution is 2.25. The number of hydrogen-bond acceptors (Lipinski definition) is 2. The van der Waals surface area contributed by atoms with Gasteiger partial charge in [0.2, 0.25) is 5.95 Å². The van der Waals surface area contributed by atoms with Crippen molar-refractivity contribution < 1.29 is 23.1 Å². The minimum absolute atomic E-state index is 0.158. The SMILES string of the molecule is O=C(O)Cc1cc(C(F)F)c(I)nc1F. The molecule has 0 unspecified atom stereocenters. The van der Waals surface area contributed by atoms with E-state index in [1.165, 1.54) is 22.6 Å². The molecular weight excluding hydrogens is 326 g/mol. The first-order chi connectivity index (χ1) is 6.91. The second-order valence-electron chi connectivity index (χ2n) is 2.69. The molecule has 0 aliphatic carbocycles. The van der Waals surface area contributed by atoms with Gasteiger partial charge in [-0.15, -0.1) is 0 Å². The summed E-state index contributed by atoms with van der Waals surface area (Å²) >= 11 is 1.47. The Labute approximate surface area is 96.5 Å². The average molecular weight is 331 g/mol. The minimum atomic E-state index is -2.79. The van der Waals surface area contributed by atoms with Gasteiger partial charge < -0.3 is 5.11 Å². The second-order valence-corrected chi connectivity index (χ2v) is 3.71. The van der Waals surface area contributed by atoms with Gasteiger partial charge in [0, 0.05) is 5.56 Å². The maximum Gasteiger partial charge on any atom is 0.307 e. The molecule has 0 spiro atoms. The Morgan fingerprint density at radius 2 is 2.20 bits per heavy atom. The maximum absolute atomic E-state index is 13.0. The van der Waals surface area contributed by atoms with Crippen molar-refractivity contribution in [1.82, 2.24) is 4.98 Å². The van der Waals surface area contributed by atoms with Gasteiger partial charge in [0.05, 0.1) is 12.0 Å². The standard InChI is InChI=1S/C8H5F3INO2/c9-6(10)4-1-3(2-5(14)15)7(11)13-8(4)12/h1,6H,2H2,(H,14,15). The van der Waals surface area contributed by atoms with Crippen LogP contribution in [0.15, 0.2) is 6.07 Å². The number of aromatic nitrogens is 1. The summed E-state index contributed by atoms with van der Waals surface area (Å²) in [6.45, 7) is 0. The maximum atomic E-state index is 13.0. The van der Waals surface area contributed by atoms with Gasteiger partial charge >= 0.3 is 5.97 Å². The molecule has 1 aromatic heterocycles. The van der Waals surface area contributed by atoms with E-state index >= 15 is 0 Å². The lowest BCUT2D eigenvalue weighted by Crippen LogP contribution is -2.07. The number of halogens is 4. The number of hydrogen-bond donors (Lipinski definition) is 1. The highest BCUT2D eigenvalue weighted by molar-refractivity contribution is 14.1. The summed E-state index contributed by atoms with van der Waals surface area (Å²) in [7, 11) is 0. The van der Waals surface area contributed by atoms with Crippen LogP contribution < -0.4 is 0 Å². The third kappa shape index (κ3) is 3.05. The number of carboxylic acid groups (broad SMARTS) is 1. The van der Waals surface area contributed by atoms with Gasteiger partial charge in [0.25, 0.3) is 6.43 Å². The fourth-order valence-corrected chi connectivity index (χ4v) is 1.57. The van der Waals surface area contributed by atoms with E-state index in [9.17, 15) is 18.0 Å². The van der Waals surface area contributed by atoms with Crippen LogP contribution in [0.2, 0.25) is 0 Å². The van der Waals surface area contributed by atoms with Gasteiger partial charge in [-0.25, -0.2) is 13.8 Å². The average Bonchev–Trinajstić information content (AvgIpc) is 2.08. The molecule has 0 bridgehead atoms. The number of rotatable bonds is 3. The zero-order valence-electron chi connectivity index (χ0n) is 7.18. The van der Waals surface area contributed by atoms with Crippen molar-refractivity contribution in [1.29, 1.82) is 0 Å². The summed E-state index contributed by atoms with van der Waals surface area (Å²) in [4.78, 5) is 13.5. The molecule has 1 aromatic rings. The van der Waals surface area contributed by atoms with Gasteiger partial charge in [-0.05, 0) is 28.7 Å². The molecule has 1 heterocycles. The van der Waals surface area contributed by atoms with Crippen molar-refractivity contribution in [3.63, 3.8) is 0 Å². The summed E-state index contributed by atoms with van der Waals surface area (Å²) < 4.78 is 37.6. The molecule has 0 radical (unpaired) electrons. The Kier molecular flexibility index (Phi) is 3.89. The van der Waals surface area contributed by atoms with Gasteiger partial charge in [-0.3, -0.25) is 4.79 Å². The van der Waals surface area contributed by atoms with Crippen LogP contribution in [-0.4, -0.2) is 16.1 Å². The lowest BCUT2D eigenvalue weighted by molar-refractivity contribution is -0.136. The van der Waals surface area contributed by atoms with Crippen LogP contribution in [0.4, 0.5) is 13.2 Å². The van der Waals surface area contributed by atoms with Crippen LogP contribution in [0.25, 0.3) is 0 Å². The van der Waals surface area contributed by atoms with Crippen molar-refractivity contribution in [3.05, 3.63) is 26.8 Å². The molecule has 15 heavy (non-hydrogen) atoms. The van der Waals surface area contributed by atoms with Gasteiger partial charge in [-0.2, -0.15) is 4.39 Å². The van der Waals surface area contributed by atoms with Gasteiger partial charge in [0.15, 0.2) is 0 Å². The number of aliphatic carboxylic acids is 1. The molecular formula is C8H5F3INO2. The van der Waals surface area contributed by atoms with E-state index < -0.39 is 30.3 Å². The smallest absolute Gasteiger partial charge is 0.307 e. The summed E-state index contributed by atoms with van der Waals surface area (Å²) in [5, 5.41) is 8.41. The van der Waals surface area contributed by atoms with Crippen LogP contribution >= 0.6 is 22.6 Å². The number of pyridine rings is 1. The molecule has 0 saturated heterocycles. The topological polar surface area (TPSA) is 50.2 Å². The van der Waals surface area contributed by atoms with Crippen LogP contribution in [0, 0.1) is 9.65 Å². The van der Waals surface area contributed by atoms with E-state index in [1.807, 2.05) is 0 Å². The lowest BCUT2D eigenvalue weighted by Gasteiger charge is -2.06. The van der Waals surface area contributed by atoms with E-state index in [1.54, 1.807) is 0 Å². The molecule has 0 fully saturated rings. The first-order valence-electron chi connectivity index (χ1n) is 3.76. The zero-order chi connectivity index (χ0) is 11.6. The Balaban J connectivity index is 3.17. The van der Waals surface area contributed by atoms with E-state index in [-0.39, 0.29) is 9.26 Å². The fourth-order valence-electron chi connectivity index (χ4n) is 0.969. The molecule has 82 valence electrons. The third-order valence-electron chi connectivity index (χ3n) is 1.61. The van der Waals surface area contributed by atoms with Crippen LogP contribution in [0.1, 0.15) is 17.6 Å². The van der Waals surface area contributed by atoms with Crippen LogP contribution in [0.5, 0.6) is 0 Å². The van der Waals surface area contributed by atoms with Crippen molar-refractivity contribution >= 4 is 28.6 Å². The fraction of sp³-hybridized carbons (Fsp3) is 0.250. The summed E-state index contributed by atoms with van der Waals surface area (Å²) in [6.07, 6.45) is -3.45. The predicted octanol–water partition coefficient (Wildman–Crippen LogP) is 2.39. The Bertz CT molecular complexity index is 398. The first-order valence-corrected chi connectivity index (χ1v) is 4.84. The molecule has 7 heteroatoms. The second kappa shape index (κ2) is 4.77. The van der Waals surface area contributed by atoms with Gasteiger partial charge in [-0.1, -0.05) is 0 Å². The highest BCUT2D eigenvalue weighted by Gasteiger charge is 2.18. The Hall–Kier alpha value is -0.860. The van der Waals surface area contributed by atoms with Crippen molar-refractivity contribution in [2.45, 2.75) is 12.8 Å². The molecule has 0 amide bonds. The molecule has 0 aromatic carbocycles. The Morgan fingerprint density at radius 3 is 2.67 bits per heavy atom. The van der Waals surface area contributed by atoms with E-state index in [2.05, 4.69) is 4.98 Å². The summed E-state index contributed by atoms with van der Waals surface area (Å²) in [5.74, 6) is -2.32. The van der Waals surface area contributed by atoms with E-state index in [0.717, 1.165) is 6.07 Å². The third-order valence-corrected chi connectivity index (χ3v) is 2.47. The van der Waals surface area contributed by atoms with Crippen molar-refractivity contribution in [3.8, 4) is 0 Å². The quantitative estimate of drug-likeness (QED) is 0.684. The summed E-state index contributed by atoms with van der Waals surface area (Å²) in [5.41, 5.74) is -0.786. The molecule has 0 atom stereocenters. The monoisotopic (exact) mass is 331 g/mol. The van der Waals surface area contributed by atoms with Crippen LogP contribution in [0.3, 0.4) is 0 Å². The molecule has 0 saturated carbocycles. The number of alkyl halides is 2. The largest absolute Gasteiger partial charge is 0.481 e. The molecule has 1 N–H and O–H groups in total. The summed E-state index contributed by atoms with van der Waals surface area (Å²) in [6, 6.07) is 0.836. The lowest BCUT2D eigenvalue weighted by atomic mass is 10.1. The number of carboxylic acids is 1. The molecule has 0 aliphatic rings. The first kappa shape index (κ1) is 12.2. The molecule has 1 rings (SSSR count). The number of nitrogens with zero attached hydrogens (tertiary/aromatic N) is 1. The molecule has 3 nitrogen and oxygen atoms in total. The zero-order valence-corrected chi connectivity index (χ0v) is 9.33. The Morgan fingerprint density at radius 1 is 1.60 bits per heavy atom. The van der Waals surface area contributed by atoms with Crippen LogP contribution in [-0.2, 0) is 11.2 Å². The predicted molar refractivity (Wildman–Crippen MR) is 53.2 cm³/mol. The normalized spacial score (nSPS) is 10.7. The minimum Gasteiger partial charge on any atom is -0.481 e. The highest BCUT2D eigenvalue weighted by atomic mass is 127. The van der Waals surface area contributed by atoms with E-state index in [0.29, 0.717) is 0 Å². The van der Waals surface area contributed by atoms with Crippen molar-refractivity contribution in [2.24, 2.45) is 0 Å². The van der Waals surface area contributed by atoms with Gasteiger partial charge in [0.1, 0.15) is 3.70 Å².